The van der Waals surface area contributed by atoms with Crippen LogP contribution < -0.4 is 5.32 Å². The van der Waals surface area contributed by atoms with E-state index in [1.807, 2.05) is 10.7 Å². The molecular weight excluding hydrogens is 310 g/mol. The number of hydrogen-bond acceptors (Lipinski definition) is 4. The molecule has 3 rings (SSSR count). The normalized spacial score (nSPS) is 13.6. The molecule has 3 aromatic rings. The van der Waals surface area contributed by atoms with Gasteiger partial charge in [-0.3, -0.25) is 0 Å². The van der Waals surface area contributed by atoms with Gasteiger partial charge < -0.3 is 5.32 Å². The second-order valence-corrected chi connectivity index (χ2v) is 6.68. The summed E-state index contributed by atoms with van der Waals surface area (Å²) in [5.41, 5.74) is 4.30. The number of para-hydroxylation sites is 1. The first-order chi connectivity index (χ1) is 12.0. The number of rotatable bonds is 6. The fourth-order valence-corrected chi connectivity index (χ4v) is 3.08. The maximum Gasteiger partial charge on any atom is 0.176 e. The molecule has 0 fully saturated rings. The molecule has 0 saturated carbocycles. The molecule has 5 nitrogen and oxygen atoms in total. The van der Waals surface area contributed by atoms with Gasteiger partial charge in [0.1, 0.15) is 0 Å². The van der Waals surface area contributed by atoms with Crippen LogP contribution in [0.25, 0.3) is 5.69 Å². The van der Waals surface area contributed by atoms with Crippen molar-refractivity contribution in [2.75, 3.05) is 0 Å². The van der Waals surface area contributed by atoms with Crippen LogP contribution in [0.4, 0.5) is 0 Å². The number of tetrazole rings is 1. The van der Waals surface area contributed by atoms with Crippen molar-refractivity contribution in [3.8, 4) is 5.69 Å². The number of benzene rings is 2. The van der Waals surface area contributed by atoms with Crippen LogP contribution in [-0.2, 0) is 12.1 Å². The van der Waals surface area contributed by atoms with Gasteiger partial charge in [-0.25, -0.2) is 0 Å². The minimum absolute atomic E-state index is 0.325. The zero-order chi connectivity index (χ0) is 17.9. The standard InChI is InChI=1S/C20H25N5/c1-5-20(4,21-14-17-12-7-6-8-13-17)19-22-23-24-25(19)18-15(2)10-9-11-16(18)3/h6-13,21H,5,14H2,1-4H3. The van der Waals surface area contributed by atoms with Crippen molar-refractivity contribution < 1.29 is 0 Å². The summed E-state index contributed by atoms with van der Waals surface area (Å²) < 4.78 is 1.88. The van der Waals surface area contributed by atoms with E-state index in [4.69, 9.17) is 0 Å². The second kappa shape index (κ2) is 7.15. The van der Waals surface area contributed by atoms with Crippen LogP contribution in [0, 0.1) is 13.8 Å². The van der Waals surface area contributed by atoms with Crippen molar-refractivity contribution in [3.05, 3.63) is 71.0 Å². The highest BCUT2D eigenvalue weighted by atomic mass is 15.6. The van der Waals surface area contributed by atoms with Gasteiger partial charge in [0, 0.05) is 6.54 Å². The molecule has 0 saturated heterocycles. The fraction of sp³-hybridized carbons (Fsp3) is 0.350. The molecule has 1 aromatic heterocycles. The van der Waals surface area contributed by atoms with Gasteiger partial charge in [-0.2, -0.15) is 4.68 Å². The highest BCUT2D eigenvalue weighted by molar-refractivity contribution is 5.47. The van der Waals surface area contributed by atoms with Crippen molar-refractivity contribution in [3.63, 3.8) is 0 Å². The molecule has 0 aliphatic heterocycles. The molecule has 1 N–H and O–H groups in total. The van der Waals surface area contributed by atoms with Crippen LogP contribution in [0.5, 0.6) is 0 Å². The van der Waals surface area contributed by atoms with Crippen molar-refractivity contribution in [2.24, 2.45) is 0 Å². The number of nitrogens with zero attached hydrogens (tertiary/aromatic N) is 4. The van der Waals surface area contributed by atoms with Gasteiger partial charge in [0.25, 0.3) is 0 Å². The lowest BCUT2D eigenvalue weighted by Crippen LogP contribution is -2.41. The Hall–Kier alpha value is -2.53. The summed E-state index contributed by atoms with van der Waals surface area (Å²) in [4.78, 5) is 0. The zero-order valence-electron chi connectivity index (χ0n) is 15.3. The minimum Gasteiger partial charge on any atom is -0.301 e. The molecule has 0 radical (unpaired) electrons. The van der Waals surface area contributed by atoms with Crippen molar-refractivity contribution in [1.29, 1.82) is 0 Å². The monoisotopic (exact) mass is 335 g/mol. The summed E-state index contributed by atoms with van der Waals surface area (Å²) in [6.07, 6.45) is 0.880. The van der Waals surface area contributed by atoms with Crippen molar-refractivity contribution >= 4 is 0 Å². The zero-order valence-corrected chi connectivity index (χ0v) is 15.3. The Bertz CT molecular complexity index is 820. The molecule has 0 bridgehead atoms. The Kier molecular flexibility index (Phi) is 4.95. The van der Waals surface area contributed by atoms with E-state index in [0.717, 1.165) is 35.6 Å². The molecule has 1 unspecified atom stereocenters. The molecule has 5 heteroatoms. The smallest absolute Gasteiger partial charge is 0.176 e. The van der Waals surface area contributed by atoms with E-state index >= 15 is 0 Å². The van der Waals surface area contributed by atoms with E-state index in [-0.39, 0.29) is 5.54 Å². The van der Waals surface area contributed by atoms with Crippen LogP contribution in [0.1, 0.15) is 42.8 Å². The van der Waals surface area contributed by atoms with Crippen LogP contribution in [0.15, 0.2) is 48.5 Å². The van der Waals surface area contributed by atoms with E-state index < -0.39 is 0 Å². The third kappa shape index (κ3) is 3.46. The van der Waals surface area contributed by atoms with E-state index in [9.17, 15) is 0 Å². The molecule has 1 heterocycles. The van der Waals surface area contributed by atoms with Gasteiger partial charge in [0.15, 0.2) is 5.82 Å². The average molecular weight is 335 g/mol. The second-order valence-electron chi connectivity index (χ2n) is 6.68. The maximum atomic E-state index is 4.37. The third-order valence-corrected chi connectivity index (χ3v) is 4.85. The first kappa shape index (κ1) is 17.3. The quantitative estimate of drug-likeness (QED) is 0.746. The molecule has 1 atom stereocenters. The summed E-state index contributed by atoms with van der Waals surface area (Å²) >= 11 is 0. The summed E-state index contributed by atoms with van der Waals surface area (Å²) in [5.74, 6) is 0.836. The van der Waals surface area contributed by atoms with Crippen LogP contribution in [0.2, 0.25) is 0 Å². The Labute approximate surface area is 149 Å². The van der Waals surface area contributed by atoms with Crippen molar-refractivity contribution in [1.82, 2.24) is 25.5 Å². The Balaban J connectivity index is 1.96. The topological polar surface area (TPSA) is 55.6 Å². The lowest BCUT2D eigenvalue weighted by Gasteiger charge is -2.29. The Morgan fingerprint density at radius 1 is 1.00 bits per heavy atom. The average Bonchev–Trinajstić information content (AvgIpc) is 3.10. The van der Waals surface area contributed by atoms with Crippen LogP contribution in [0.3, 0.4) is 0 Å². The van der Waals surface area contributed by atoms with E-state index in [1.54, 1.807) is 0 Å². The van der Waals surface area contributed by atoms with E-state index in [0.29, 0.717) is 0 Å². The summed E-state index contributed by atoms with van der Waals surface area (Å²) in [5, 5.41) is 16.3. The van der Waals surface area contributed by atoms with Crippen LogP contribution in [-0.4, -0.2) is 20.2 Å². The van der Waals surface area contributed by atoms with Crippen molar-refractivity contribution in [2.45, 2.75) is 46.2 Å². The predicted octanol–water partition coefficient (Wildman–Crippen LogP) is 3.69. The molecule has 0 aliphatic rings. The predicted molar refractivity (Wildman–Crippen MR) is 99.6 cm³/mol. The number of hydrogen-bond donors (Lipinski definition) is 1. The highest BCUT2D eigenvalue weighted by Crippen LogP contribution is 2.27. The first-order valence-corrected chi connectivity index (χ1v) is 8.69. The van der Waals surface area contributed by atoms with Gasteiger partial charge >= 0.3 is 0 Å². The number of aryl methyl sites for hydroxylation is 2. The third-order valence-electron chi connectivity index (χ3n) is 4.85. The van der Waals surface area contributed by atoms with Gasteiger partial charge in [-0.05, 0) is 54.3 Å². The highest BCUT2D eigenvalue weighted by Gasteiger charge is 2.31. The Morgan fingerprint density at radius 3 is 2.32 bits per heavy atom. The number of aromatic nitrogens is 4. The number of nitrogens with one attached hydrogen (secondary N) is 1. The lowest BCUT2D eigenvalue weighted by atomic mass is 9.96. The lowest BCUT2D eigenvalue weighted by molar-refractivity contribution is 0.323. The summed E-state index contributed by atoms with van der Waals surface area (Å²) in [6.45, 7) is 9.27. The summed E-state index contributed by atoms with van der Waals surface area (Å²) in [6, 6.07) is 16.6. The van der Waals surface area contributed by atoms with Gasteiger partial charge in [-0.1, -0.05) is 55.5 Å². The maximum absolute atomic E-state index is 4.37. The van der Waals surface area contributed by atoms with E-state index in [2.05, 4.69) is 91.0 Å². The first-order valence-electron chi connectivity index (χ1n) is 8.69. The molecular formula is C20H25N5. The van der Waals surface area contributed by atoms with Gasteiger partial charge in [-0.15, -0.1) is 5.10 Å². The molecule has 2 aromatic carbocycles. The Morgan fingerprint density at radius 2 is 1.68 bits per heavy atom. The largest absolute Gasteiger partial charge is 0.301 e. The van der Waals surface area contributed by atoms with E-state index in [1.165, 1.54) is 5.56 Å². The van der Waals surface area contributed by atoms with Gasteiger partial charge in [0.05, 0.1) is 11.2 Å². The molecule has 0 spiro atoms. The summed E-state index contributed by atoms with van der Waals surface area (Å²) in [7, 11) is 0. The SMILES string of the molecule is CCC(C)(NCc1ccccc1)c1nnnn1-c1c(C)cccc1C. The molecule has 25 heavy (non-hydrogen) atoms. The van der Waals surface area contributed by atoms with Gasteiger partial charge in [0.2, 0.25) is 0 Å². The molecule has 0 aliphatic carbocycles. The molecule has 130 valence electrons. The minimum atomic E-state index is -0.325. The molecule has 0 amide bonds. The fourth-order valence-electron chi connectivity index (χ4n) is 3.08. The van der Waals surface area contributed by atoms with Crippen LogP contribution >= 0.6 is 0 Å².